The van der Waals surface area contributed by atoms with E-state index in [1.165, 1.54) is 0 Å². The molecule has 0 aliphatic heterocycles. The van der Waals surface area contributed by atoms with Crippen molar-refractivity contribution in [2.75, 3.05) is 5.32 Å². The van der Waals surface area contributed by atoms with E-state index < -0.39 is 0 Å². The van der Waals surface area contributed by atoms with E-state index in [2.05, 4.69) is 21.5 Å². The highest BCUT2D eigenvalue weighted by molar-refractivity contribution is 5.91. The van der Waals surface area contributed by atoms with E-state index in [1.54, 1.807) is 17.1 Å². The summed E-state index contributed by atoms with van der Waals surface area (Å²) < 4.78 is 1.75. The fraction of sp³-hybridized carbons (Fsp3) is 0.200. The molecule has 0 atom stereocenters. The van der Waals surface area contributed by atoms with Crippen molar-refractivity contribution in [3.8, 4) is 17.2 Å². The van der Waals surface area contributed by atoms with Crippen LogP contribution in [0.15, 0.2) is 55.1 Å². The first-order valence-electron chi connectivity index (χ1n) is 8.33. The maximum atomic E-state index is 12.2. The number of hydrogen-bond acceptors (Lipinski definition) is 4. The molecule has 6 nitrogen and oxygen atoms in total. The average Bonchev–Trinajstić information content (AvgIpc) is 3.08. The fourth-order valence-corrected chi connectivity index (χ4v) is 2.74. The zero-order valence-corrected chi connectivity index (χ0v) is 14.5. The number of aryl methyl sites for hydroxylation is 2. The van der Waals surface area contributed by atoms with Crippen LogP contribution in [0, 0.1) is 11.3 Å². The number of aromatic nitrogens is 3. The third-order valence-corrected chi connectivity index (χ3v) is 4.06. The second kappa shape index (κ2) is 8.08. The Morgan fingerprint density at radius 3 is 2.73 bits per heavy atom. The molecule has 0 radical (unpaired) electrons. The molecule has 26 heavy (non-hydrogen) atoms. The largest absolute Gasteiger partial charge is 0.326 e. The molecule has 0 saturated carbocycles. The van der Waals surface area contributed by atoms with Gasteiger partial charge in [0.15, 0.2) is 0 Å². The summed E-state index contributed by atoms with van der Waals surface area (Å²) in [5, 5.41) is 15.8. The molecular weight excluding hydrogens is 326 g/mol. The Morgan fingerprint density at radius 1 is 1.23 bits per heavy atom. The van der Waals surface area contributed by atoms with E-state index in [9.17, 15) is 4.79 Å². The Labute approximate surface area is 152 Å². The first-order valence-corrected chi connectivity index (χ1v) is 8.33. The minimum atomic E-state index is -0.0565. The second-order valence-corrected chi connectivity index (χ2v) is 6.02. The molecule has 3 rings (SSSR count). The summed E-state index contributed by atoms with van der Waals surface area (Å²) in [5.41, 5.74) is 4.73. The highest BCUT2D eigenvalue weighted by Gasteiger charge is 2.10. The minimum absolute atomic E-state index is 0.0565. The van der Waals surface area contributed by atoms with Crippen molar-refractivity contribution in [1.29, 1.82) is 5.26 Å². The van der Waals surface area contributed by atoms with Crippen LogP contribution in [0.3, 0.4) is 0 Å². The Bertz CT molecular complexity index is 937. The maximum absolute atomic E-state index is 12.2. The predicted octanol–water partition coefficient (Wildman–Crippen LogP) is 3.12. The molecule has 0 saturated heterocycles. The number of carbonyl (C=O) groups is 1. The van der Waals surface area contributed by atoms with E-state index >= 15 is 0 Å². The average molecular weight is 345 g/mol. The molecular formula is C20H19N5O. The van der Waals surface area contributed by atoms with E-state index in [4.69, 9.17) is 5.26 Å². The molecule has 2 heterocycles. The van der Waals surface area contributed by atoms with Gasteiger partial charge in [-0.2, -0.15) is 10.4 Å². The number of rotatable bonds is 6. The number of anilines is 1. The Balaban J connectivity index is 1.62. The molecule has 6 heteroatoms. The summed E-state index contributed by atoms with van der Waals surface area (Å²) in [6.07, 6.45) is 8.62. The Morgan fingerprint density at radius 2 is 2.04 bits per heavy atom. The van der Waals surface area contributed by atoms with Crippen LogP contribution in [0.4, 0.5) is 5.69 Å². The molecule has 1 N–H and O–H groups in total. The molecule has 1 amide bonds. The number of carbonyl (C=O) groups excluding carboxylic acids is 1. The summed E-state index contributed by atoms with van der Waals surface area (Å²) in [7, 11) is 1.87. The van der Waals surface area contributed by atoms with Crippen LogP contribution in [-0.2, 0) is 24.7 Å². The summed E-state index contributed by atoms with van der Waals surface area (Å²) in [6.45, 7) is 0. The second-order valence-electron chi connectivity index (χ2n) is 6.02. The highest BCUT2D eigenvalue weighted by atomic mass is 16.1. The van der Waals surface area contributed by atoms with E-state index in [-0.39, 0.29) is 5.91 Å². The van der Waals surface area contributed by atoms with Gasteiger partial charge in [0.1, 0.15) is 0 Å². The van der Waals surface area contributed by atoms with Crippen molar-refractivity contribution < 1.29 is 4.79 Å². The Kier molecular flexibility index (Phi) is 5.40. The molecule has 0 spiro atoms. The van der Waals surface area contributed by atoms with Gasteiger partial charge < -0.3 is 5.32 Å². The molecule has 0 aliphatic rings. The molecule has 0 unspecified atom stereocenters. The third kappa shape index (κ3) is 4.33. The van der Waals surface area contributed by atoms with Gasteiger partial charge in [-0.15, -0.1) is 0 Å². The lowest BCUT2D eigenvalue weighted by atomic mass is 10.0. The SMILES string of the molecule is Cn1cc(-c2ccncc2CCC(=O)Nc2ccc(CC#N)cc2)cn1. The summed E-state index contributed by atoms with van der Waals surface area (Å²) in [6, 6.07) is 11.4. The number of hydrogen-bond donors (Lipinski definition) is 1. The van der Waals surface area contributed by atoms with Gasteiger partial charge in [-0.1, -0.05) is 12.1 Å². The maximum Gasteiger partial charge on any atom is 0.224 e. The van der Waals surface area contributed by atoms with Crippen molar-refractivity contribution in [1.82, 2.24) is 14.8 Å². The van der Waals surface area contributed by atoms with Crippen molar-refractivity contribution in [3.05, 3.63) is 66.2 Å². The zero-order chi connectivity index (χ0) is 18.4. The van der Waals surface area contributed by atoms with Gasteiger partial charge in [-0.25, -0.2) is 0 Å². The van der Waals surface area contributed by atoms with Crippen LogP contribution < -0.4 is 5.32 Å². The summed E-state index contributed by atoms with van der Waals surface area (Å²) in [4.78, 5) is 16.4. The molecule has 0 aliphatic carbocycles. The fourth-order valence-electron chi connectivity index (χ4n) is 2.74. The van der Waals surface area contributed by atoms with Crippen molar-refractivity contribution >= 4 is 11.6 Å². The summed E-state index contributed by atoms with van der Waals surface area (Å²) >= 11 is 0. The van der Waals surface area contributed by atoms with Gasteiger partial charge in [0, 0.05) is 43.3 Å². The number of pyridine rings is 1. The standard InChI is InChI=1S/C20H19N5O/c1-25-14-17(13-23-25)19-9-11-22-12-16(19)4-7-20(26)24-18-5-2-15(3-6-18)8-10-21/h2-3,5-6,9,11-14H,4,7-8H2,1H3,(H,24,26). The van der Waals surface area contributed by atoms with Crippen molar-refractivity contribution in [2.24, 2.45) is 7.05 Å². The lowest BCUT2D eigenvalue weighted by Crippen LogP contribution is -2.12. The topological polar surface area (TPSA) is 83.6 Å². The zero-order valence-electron chi connectivity index (χ0n) is 14.5. The molecule has 0 fully saturated rings. The monoisotopic (exact) mass is 345 g/mol. The lowest BCUT2D eigenvalue weighted by Gasteiger charge is -2.08. The smallest absolute Gasteiger partial charge is 0.224 e. The summed E-state index contributed by atoms with van der Waals surface area (Å²) in [5.74, 6) is -0.0565. The van der Waals surface area contributed by atoms with Gasteiger partial charge in [0.05, 0.1) is 18.7 Å². The van der Waals surface area contributed by atoms with E-state index in [0.29, 0.717) is 19.3 Å². The quantitative estimate of drug-likeness (QED) is 0.744. The van der Waals surface area contributed by atoms with E-state index in [1.807, 2.05) is 49.8 Å². The molecule has 2 aromatic heterocycles. The van der Waals surface area contributed by atoms with Gasteiger partial charge in [0.25, 0.3) is 0 Å². The first kappa shape index (κ1) is 17.4. The van der Waals surface area contributed by atoms with Crippen LogP contribution in [-0.4, -0.2) is 20.7 Å². The number of nitrogens with zero attached hydrogens (tertiary/aromatic N) is 4. The van der Waals surface area contributed by atoms with Crippen LogP contribution in [0.5, 0.6) is 0 Å². The molecule has 1 aromatic carbocycles. The predicted molar refractivity (Wildman–Crippen MR) is 99.1 cm³/mol. The molecule has 3 aromatic rings. The number of nitrogens with one attached hydrogen (secondary N) is 1. The number of nitriles is 1. The van der Waals surface area contributed by atoms with Gasteiger partial charge in [-0.05, 0) is 41.3 Å². The normalized spacial score (nSPS) is 10.3. The van der Waals surface area contributed by atoms with E-state index in [0.717, 1.165) is 27.9 Å². The van der Waals surface area contributed by atoms with Crippen molar-refractivity contribution in [2.45, 2.75) is 19.3 Å². The van der Waals surface area contributed by atoms with Crippen LogP contribution in [0.1, 0.15) is 17.5 Å². The molecule has 130 valence electrons. The van der Waals surface area contributed by atoms with Crippen LogP contribution >= 0.6 is 0 Å². The third-order valence-electron chi connectivity index (χ3n) is 4.06. The lowest BCUT2D eigenvalue weighted by molar-refractivity contribution is -0.116. The van der Waals surface area contributed by atoms with Gasteiger partial charge >= 0.3 is 0 Å². The molecule has 0 bridgehead atoms. The van der Waals surface area contributed by atoms with Gasteiger partial charge in [0.2, 0.25) is 5.91 Å². The Hall–Kier alpha value is -3.46. The van der Waals surface area contributed by atoms with Crippen LogP contribution in [0.2, 0.25) is 0 Å². The highest BCUT2D eigenvalue weighted by Crippen LogP contribution is 2.23. The first-order chi connectivity index (χ1) is 12.7. The minimum Gasteiger partial charge on any atom is -0.326 e. The number of benzene rings is 1. The number of amides is 1. The van der Waals surface area contributed by atoms with Crippen LogP contribution in [0.25, 0.3) is 11.1 Å². The van der Waals surface area contributed by atoms with Crippen molar-refractivity contribution in [3.63, 3.8) is 0 Å². The van der Waals surface area contributed by atoms with Gasteiger partial charge in [-0.3, -0.25) is 14.5 Å².